The normalized spacial score (nSPS) is 12.5. The van der Waals surface area contributed by atoms with Gasteiger partial charge in [-0.05, 0) is 48.1 Å². The summed E-state index contributed by atoms with van der Waals surface area (Å²) in [4.78, 5) is 0. The first kappa shape index (κ1) is 25.5. The van der Waals surface area contributed by atoms with Gasteiger partial charge in [-0.3, -0.25) is 0 Å². The topological polar surface area (TPSA) is 36.9 Å². The van der Waals surface area contributed by atoms with Gasteiger partial charge < -0.3 is 17.7 Å². The zero-order chi connectivity index (χ0) is 20.9. The highest BCUT2D eigenvalue weighted by molar-refractivity contribution is 6.82. The second-order valence-electron chi connectivity index (χ2n) is 7.18. The minimum absolute atomic E-state index is 0.748. The van der Waals surface area contributed by atoms with Crippen LogP contribution in [0.5, 0.6) is 0 Å². The highest BCUT2D eigenvalue weighted by Gasteiger charge is 2.41. The largest absolute Gasteiger partial charge is 0.391 e. The van der Waals surface area contributed by atoms with Gasteiger partial charge in [0.1, 0.15) is 0 Å². The van der Waals surface area contributed by atoms with Crippen LogP contribution in [0.1, 0.15) is 67.2 Å². The molecule has 1 aromatic rings. The van der Waals surface area contributed by atoms with Crippen LogP contribution < -0.4 is 10.4 Å². The van der Waals surface area contributed by atoms with Crippen molar-refractivity contribution in [3.63, 3.8) is 0 Å². The molecule has 0 radical (unpaired) electrons. The summed E-state index contributed by atoms with van der Waals surface area (Å²) in [6.45, 7) is 16.0. The molecular weight excluding hydrogens is 384 g/mol. The highest BCUT2D eigenvalue weighted by Crippen LogP contribution is 2.18. The van der Waals surface area contributed by atoms with Crippen LogP contribution >= 0.6 is 0 Å². The van der Waals surface area contributed by atoms with Crippen molar-refractivity contribution in [3.8, 4) is 0 Å². The molecule has 0 spiro atoms. The third kappa shape index (κ3) is 6.78. The van der Waals surface area contributed by atoms with Crippen molar-refractivity contribution < 1.29 is 17.7 Å². The molecule has 0 unspecified atom stereocenters. The fourth-order valence-corrected chi connectivity index (χ4v) is 9.23. The Labute approximate surface area is 175 Å². The van der Waals surface area contributed by atoms with Gasteiger partial charge in [-0.15, -0.1) is 0 Å². The fraction of sp³-hybridized carbons (Fsp3) is 0.727. The number of rotatable bonds is 16. The summed E-state index contributed by atoms with van der Waals surface area (Å²) in [7, 11) is -4.79. The molecule has 0 atom stereocenters. The van der Waals surface area contributed by atoms with Gasteiger partial charge >= 0.3 is 17.1 Å². The van der Waals surface area contributed by atoms with Crippen LogP contribution in [0, 0.1) is 0 Å². The first-order valence-corrected chi connectivity index (χ1v) is 15.3. The van der Waals surface area contributed by atoms with Crippen LogP contribution in [0.2, 0.25) is 12.1 Å². The van der Waals surface area contributed by atoms with Crippen LogP contribution in [0.3, 0.4) is 0 Å². The lowest BCUT2D eigenvalue weighted by Crippen LogP contribution is -2.56. The molecule has 162 valence electrons. The summed E-state index contributed by atoms with van der Waals surface area (Å²) >= 11 is 0. The van der Waals surface area contributed by atoms with Crippen LogP contribution in [-0.2, 0) is 17.7 Å². The first-order valence-electron chi connectivity index (χ1n) is 11.2. The average Bonchev–Trinajstić information content (AvgIpc) is 2.75. The van der Waals surface area contributed by atoms with E-state index in [0.29, 0.717) is 0 Å². The van der Waals surface area contributed by atoms with E-state index in [4.69, 9.17) is 17.7 Å². The van der Waals surface area contributed by atoms with Gasteiger partial charge in [-0.1, -0.05) is 65.8 Å². The van der Waals surface area contributed by atoms with E-state index in [-0.39, 0.29) is 0 Å². The highest BCUT2D eigenvalue weighted by atomic mass is 28.4. The molecule has 1 aromatic carbocycles. The maximum Gasteiger partial charge on any atom is 0.372 e. The minimum atomic E-state index is -2.40. The summed E-state index contributed by atoms with van der Waals surface area (Å²) in [5.41, 5.74) is 0. The van der Waals surface area contributed by atoms with Crippen molar-refractivity contribution in [2.45, 2.75) is 79.3 Å². The monoisotopic (exact) mass is 426 g/mol. The van der Waals surface area contributed by atoms with Crippen molar-refractivity contribution >= 4 is 27.5 Å². The Morgan fingerprint density at radius 2 is 0.750 bits per heavy atom. The molecule has 28 heavy (non-hydrogen) atoms. The maximum atomic E-state index is 6.36. The minimum Gasteiger partial charge on any atom is -0.391 e. The van der Waals surface area contributed by atoms with Crippen LogP contribution in [0.25, 0.3) is 0 Å². The molecule has 6 heteroatoms. The summed E-state index contributed by atoms with van der Waals surface area (Å²) < 4.78 is 25.5. The molecule has 0 N–H and O–H groups in total. The molecule has 0 bridgehead atoms. The van der Waals surface area contributed by atoms with E-state index in [0.717, 1.165) is 64.2 Å². The summed E-state index contributed by atoms with van der Waals surface area (Å²) in [6.07, 6.45) is 4.02. The van der Waals surface area contributed by atoms with Gasteiger partial charge in [0.15, 0.2) is 0 Å². The number of hydrogen-bond acceptors (Lipinski definition) is 4. The fourth-order valence-electron chi connectivity index (χ4n) is 3.28. The van der Waals surface area contributed by atoms with E-state index < -0.39 is 17.1 Å². The molecule has 0 fully saturated rings. The molecule has 0 saturated carbocycles. The number of benzene rings is 1. The molecule has 0 aromatic heterocycles. The molecule has 4 nitrogen and oxygen atoms in total. The molecule has 0 saturated heterocycles. The summed E-state index contributed by atoms with van der Waals surface area (Å²) in [5.74, 6) is 0. The van der Waals surface area contributed by atoms with Crippen molar-refractivity contribution in [1.29, 1.82) is 0 Å². The van der Waals surface area contributed by atoms with Crippen molar-refractivity contribution in [2.75, 3.05) is 26.4 Å². The Morgan fingerprint density at radius 3 is 0.929 bits per heavy atom. The number of hydrogen-bond donors (Lipinski definition) is 0. The van der Waals surface area contributed by atoms with E-state index >= 15 is 0 Å². The van der Waals surface area contributed by atoms with E-state index in [1.165, 1.54) is 10.4 Å². The lowest BCUT2D eigenvalue weighted by molar-refractivity contribution is 0.179. The van der Waals surface area contributed by atoms with Crippen LogP contribution in [0.4, 0.5) is 0 Å². The Bertz CT molecular complexity index is 459. The molecule has 0 aliphatic heterocycles. The Hall–Kier alpha value is -0.506. The van der Waals surface area contributed by atoms with E-state index in [1.54, 1.807) is 0 Å². The van der Waals surface area contributed by atoms with Gasteiger partial charge in [0.05, 0.1) is 0 Å². The smallest absolute Gasteiger partial charge is 0.372 e. The second kappa shape index (κ2) is 13.7. The molecule has 0 heterocycles. The predicted molar refractivity (Wildman–Crippen MR) is 123 cm³/mol. The Morgan fingerprint density at radius 1 is 0.500 bits per heavy atom. The zero-order valence-corrected chi connectivity index (χ0v) is 21.0. The predicted octanol–water partition coefficient (Wildman–Crippen LogP) is 4.73. The second-order valence-corrected chi connectivity index (χ2v) is 13.9. The zero-order valence-electron chi connectivity index (χ0n) is 19.0. The summed E-state index contributed by atoms with van der Waals surface area (Å²) in [5, 5.41) is 2.43. The summed E-state index contributed by atoms with van der Waals surface area (Å²) in [6, 6.07) is 10.7. The maximum absolute atomic E-state index is 6.36. The van der Waals surface area contributed by atoms with Crippen molar-refractivity contribution in [1.82, 2.24) is 0 Å². The van der Waals surface area contributed by atoms with Gasteiger partial charge in [-0.25, -0.2) is 0 Å². The molecule has 0 aliphatic rings. The quantitative estimate of drug-likeness (QED) is 0.358. The SMILES string of the molecule is CCCO[Si](CC)(OCCC)c1ccc([Si](CC)(OCCC)OCCC)cc1. The van der Waals surface area contributed by atoms with Crippen LogP contribution in [-0.4, -0.2) is 43.5 Å². The van der Waals surface area contributed by atoms with Gasteiger partial charge in [0.2, 0.25) is 0 Å². The third-order valence-electron chi connectivity index (χ3n) is 4.85. The molecule has 1 rings (SSSR count). The standard InChI is InChI=1S/C22H42O4Si2/c1-7-17-23-27(11-5,24-18-8-2)21-13-15-22(16-14-21)28(12-6,25-19-9-3)26-20-10-4/h13-16H,7-12,17-20H2,1-6H3. The molecular formula is C22H42O4Si2. The van der Waals surface area contributed by atoms with Gasteiger partial charge in [0.25, 0.3) is 0 Å². The Balaban J connectivity index is 3.20. The average molecular weight is 427 g/mol. The van der Waals surface area contributed by atoms with E-state index in [9.17, 15) is 0 Å². The van der Waals surface area contributed by atoms with Gasteiger partial charge in [-0.2, -0.15) is 0 Å². The van der Waals surface area contributed by atoms with E-state index in [1.807, 2.05) is 0 Å². The molecule has 0 amide bonds. The first-order chi connectivity index (χ1) is 13.6. The molecule has 0 aliphatic carbocycles. The lowest BCUT2D eigenvalue weighted by Gasteiger charge is -2.32. The van der Waals surface area contributed by atoms with Gasteiger partial charge in [0, 0.05) is 26.4 Å². The Kier molecular flexibility index (Phi) is 12.5. The van der Waals surface area contributed by atoms with E-state index in [2.05, 4.69) is 65.8 Å². The van der Waals surface area contributed by atoms with Crippen molar-refractivity contribution in [3.05, 3.63) is 24.3 Å². The van der Waals surface area contributed by atoms with Crippen molar-refractivity contribution in [2.24, 2.45) is 0 Å². The third-order valence-corrected chi connectivity index (χ3v) is 11.8. The lowest BCUT2D eigenvalue weighted by atomic mass is 10.4. The van der Waals surface area contributed by atoms with Crippen LogP contribution in [0.15, 0.2) is 24.3 Å².